The first-order valence-corrected chi connectivity index (χ1v) is 6.80. The maximum absolute atomic E-state index is 12.8. The number of nitrogens with two attached hydrogens (primary N) is 3. The number of hydrazone groups is 1. The SMILES string of the molecule is CN(C)c1ccc2oc3nc(N)c(C(N)=NN)cc3c(=O)c2c1.N. The molecule has 2 aromatic heterocycles. The molecule has 2 heterocycles. The van der Waals surface area contributed by atoms with Crippen molar-refractivity contribution >= 4 is 39.4 Å². The fraction of sp³-hybridized carbons (Fsp3) is 0.133. The van der Waals surface area contributed by atoms with Crippen molar-refractivity contribution in [1.29, 1.82) is 0 Å². The van der Waals surface area contributed by atoms with Gasteiger partial charge in [-0.1, -0.05) is 0 Å². The van der Waals surface area contributed by atoms with Crippen LogP contribution in [0.5, 0.6) is 0 Å². The summed E-state index contributed by atoms with van der Waals surface area (Å²) in [4.78, 5) is 18.8. The van der Waals surface area contributed by atoms with Gasteiger partial charge in [0.1, 0.15) is 11.4 Å². The van der Waals surface area contributed by atoms with Crippen molar-refractivity contribution in [2.24, 2.45) is 16.7 Å². The number of anilines is 2. The topological polar surface area (TPSA) is 172 Å². The van der Waals surface area contributed by atoms with Crippen LogP contribution in [0, 0.1) is 0 Å². The number of pyridine rings is 1. The molecule has 0 saturated carbocycles. The van der Waals surface area contributed by atoms with Crippen LogP contribution in [0.3, 0.4) is 0 Å². The first-order chi connectivity index (χ1) is 10.9. The number of rotatable bonds is 2. The third kappa shape index (κ3) is 2.57. The maximum Gasteiger partial charge on any atom is 0.232 e. The number of fused-ring (bicyclic) bond motifs is 2. The standard InChI is InChI=1S/C15H16N6O2.H3N/c1-21(2)7-3-4-11-8(5-7)12(22)9-6-10(14(17)20-18)13(16)19-15(9)23-11;/h3-6H,18H2,1-2H3,(H2,16,19)(H2,17,20);1H3. The van der Waals surface area contributed by atoms with Crippen LogP contribution in [0.2, 0.25) is 0 Å². The zero-order valence-corrected chi connectivity index (χ0v) is 13.4. The zero-order valence-electron chi connectivity index (χ0n) is 13.4. The van der Waals surface area contributed by atoms with Gasteiger partial charge in [0, 0.05) is 19.8 Å². The number of amidine groups is 1. The van der Waals surface area contributed by atoms with E-state index < -0.39 is 0 Å². The summed E-state index contributed by atoms with van der Waals surface area (Å²) in [6.07, 6.45) is 0. The van der Waals surface area contributed by atoms with Crippen LogP contribution in [-0.4, -0.2) is 24.9 Å². The summed E-state index contributed by atoms with van der Waals surface area (Å²) < 4.78 is 5.69. The molecule has 126 valence electrons. The molecule has 9 heteroatoms. The van der Waals surface area contributed by atoms with Gasteiger partial charge in [-0.05, 0) is 24.3 Å². The van der Waals surface area contributed by atoms with E-state index >= 15 is 0 Å². The molecule has 0 atom stereocenters. The predicted octanol–water partition coefficient (Wildman–Crippen LogP) is 0.730. The Kier molecular flexibility index (Phi) is 4.29. The Balaban J connectivity index is 0.00000208. The van der Waals surface area contributed by atoms with E-state index in [0.29, 0.717) is 16.5 Å². The molecule has 0 spiro atoms. The highest BCUT2D eigenvalue weighted by molar-refractivity contribution is 6.04. The van der Waals surface area contributed by atoms with Crippen LogP contribution in [-0.2, 0) is 0 Å². The number of nitrogens with zero attached hydrogens (tertiary/aromatic N) is 3. The number of aromatic nitrogens is 1. The third-order valence-corrected chi connectivity index (χ3v) is 3.61. The van der Waals surface area contributed by atoms with Gasteiger partial charge in [-0.25, -0.2) is 0 Å². The average Bonchev–Trinajstić information content (AvgIpc) is 2.53. The summed E-state index contributed by atoms with van der Waals surface area (Å²) in [6, 6.07) is 6.84. The summed E-state index contributed by atoms with van der Waals surface area (Å²) in [7, 11) is 3.78. The molecule has 0 fully saturated rings. The predicted molar refractivity (Wildman–Crippen MR) is 96.5 cm³/mol. The number of nitrogen functional groups attached to an aromatic ring is 1. The minimum absolute atomic E-state index is 0. The summed E-state index contributed by atoms with van der Waals surface area (Å²) >= 11 is 0. The molecule has 3 rings (SSSR count). The number of hydrogen-bond donors (Lipinski definition) is 4. The second-order valence-electron chi connectivity index (χ2n) is 5.29. The fourth-order valence-corrected chi connectivity index (χ4v) is 2.34. The van der Waals surface area contributed by atoms with Crippen LogP contribution < -0.4 is 33.8 Å². The molecule has 0 saturated heterocycles. The molecule has 0 aliphatic heterocycles. The lowest BCUT2D eigenvalue weighted by Gasteiger charge is -2.12. The molecule has 24 heavy (non-hydrogen) atoms. The van der Waals surface area contributed by atoms with E-state index in [9.17, 15) is 4.79 Å². The Morgan fingerprint density at radius 1 is 1.25 bits per heavy atom. The van der Waals surface area contributed by atoms with E-state index in [1.807, 2.05) is 25.1 Å². The molecular formula is C15H19N7O2. The van der Waals surface area contributed by atoms with E-state index in [4.69, 9.17) is 21.7 Å². The molecule has 0 aliphatic carbocycles. The van der Waals surface area contributed by atoms with Crippen molar-refractivity contribution in [3.05, 3.63) is 40.1 Å². The minimum atomic E-state index is -0.219. The largest absolute Gasteiger partial charge is 0.437 e. The third-order valence-electron chi connectivity index (χ3n) is 3.61. The van der Waals surface area contributed by atoms with Crippen LogP contribution >= 0.6 is 0 Å². The van der Waals surface area contributed by atoms with Gasteiger partial charge in [-0.3, -0.25) is 4.79 Å². The summed E-state index contributed by atoms with van der Waals surface area (Å²) in [5.41, 5.74) is 13.1. The van der Waals surface area contributed by atoms with Crippen molar-refractivity contribution in [2.45, 2.75) is 0 Å². The van der Waals surface area contributed by atoms with Gasteiger partial charge < -0.3 is 32.8 Å². The molecule has 0 unspecified atom stereocenters. The van der Waals surface area contributed by atoms with Gasteiger partial charge >= 0.3 is 0 Å². The molecule has 0 amide bonds. The van der Waals surface area contributed by atoms with Crippen LogP contribution in [0.1, 0.15) is 5.56 Å². The van der Waals surface area contributed by atoms with E-state index in [-0.39, 0.29) is 34.3 Å². The normalized spacial score (nSPS) is 11.5. The highest BCUT2D eigenvalue weighted by atomic mass is 16.3. The zero-order chi connectivity index (χ0) is 16.7. The van der Waals surface area contributed by atoms with Crippen LogP contribution in [0.15, 0.2) is 38.6 Å². The summed E-state index contributed by atoms with van der Waals surface area (Å²) in [6.45, 7) is 0. The Hall–Kier alpha value is -3.33. The maximum atomic E-state index is 12.8. The Bertz CT molecular complexity index is 1010. The molecule has 9 nitrogen and oxygen atoms in total. The highest BCUT2D eigenvalue weighted by Crippen LogP contribution is 2.23. The van der Waals surface area contributed by atoms with Crippen LogP contribution in [0.25, 0.3) is 22.1 Å². The molecular weight excluding hydrogens is 310 g/mol. The van der Waals surface area contributed by atoms with Gasteiger partial charge in [-0.2, -0.15) is 10.1 Å². The molecule has 0 bridgehead atoms. The monoisotopic (exact) mass is 329 g/mol. The molecule has 0 radical (unpaired) electrons. The van der Waals surface area contributed by atoms with E-state index in [1.54, 1.807) is 12.1 Å². The summed E-state index contributed by atoms with van der Waals surface area (Å²) in [5.74, 6) is 5.26. The van der Waals surface area contributed by atoms with Crippen molar-refractivity contribution in [3.63, 3.8) is 0 Å². The first kappa shape index (κ1) is 17.0. The molecule has 1 aromatic carbocycles. The van der Waals surface area contributed by atoms with Gasteiger partial charge in [0.25, 0.3) is 0 Å². The highest BCUT2D eigenvalue weighted by Gasteiger charge is 2.14. The molecule has 9 N–H and O–H groups in total. The van der Waals surface area contributed by atoms with Gasteiger partial charge in [0.05, 0.1) is 16.3 Å². The lowest BCUT2D eigenvalue weighted by Crippen LogP contribution is -2.19. The smallest absolute Gasteiger partial charge is 0.232 e. The Morgan fingerprint density at radius 2 is 1.96 bits per heavy atom. The lowest BCUT2D eigenvalue weighted by molar-refractivity contribution is 0.645. The average molecular weight is 329 g/mol. The number of benzene rings is 1. The van der Waals surface area contributed by atoms with Crippen molar-refractivity contribution in [1.82, 2.24) is 11.1 Å². The first-order valence-electron chi connectivity index (χ1n) is 6.80. The van der Waals surface area contributed by atoms with Gasteiger partial charge in [0.2, 0.25) is 11.1 Å². The quantitative estimate of drug-likeness (QED) is 0.175. The molecule has 3 aromatic rings. The lowest BCUT2D eigenvalue weighted by atomic mass is 10.1. The van der Waals surface area contributed by atoms with E-state index in [0.717, 1.165) is 5.69 Å². The second-order valence-corrected chi connectivity index (χ2v) is 5.29. The molecule has 0 aliphatic rings. The van der Waals surface area contributed by atoms with E-state index in [2.05, 4.69) is 10.1 Å². The van der Waals surface area contributed by atoms with Crippen molar-refractivity contribution in [3.8, 4) is 0 Å². The summed E-state index contributed by atoms with van der Waals surface area (Å²) in [5, 5.41) is 4.11. The van der Waals surface area contributed by atoms with E-state index in [1.165, 1.54) is 6.07 Å². The number of hydrogen-bond acceptors (Lipinski definition) is 8. The second kappa shape index (κ2) is 6.05. The van der Waals surface area contributed by atoms with Crippen LogP contribution in [0.4, 0.5) is 11.5 Å². The van der Waals surface area contributed by atoms with Crippen molar-refractivity contribution < 1.29 is 4.42 Å². The Morgan fingerprint density at radius 3 is 2.58 bits per heavy atom. The minimum Gasteiger partial charge on any atom is -0.437 e. The van der Waals surface area contributed by atoms with Gasteiger partial charge in [0.15, 0.2) is 5.84 Å². The van der Waals surface area contributed by atoms with Gasteiger partial charge in [-0.15, -0.1) is 0 Å². The Labute approximate surface area is 137 Å². The van der Waals surface area contributed by atoms with Crippen molar-refractivity contribution in [2.75, 3.05) is 24.7 Å². The fourth-order valence-electron chi connectivity index (χ4n) is 2.34.